The van der Waals surface area contributed by atoms with Crippen molar-refractivity contribution in [3.05, 3.63) is 89.2 Å². The van der Waals surface area contributed by atoms with Crippen LogP contribution in [0, 0.1) is 11.6 Å². The van der Waals surface area contributed by atoms with Crippen LogP contribution in [0.5, 0.6) is 0 Å². The average molecular weight is 499 g/mol. The summed E-state index contributed by atoms with van der Waals surface area (Å²) in [6, 6.07) is 11.0. The predicted molar refractivity (Wildman–Crippen MR) is 115 cm³/mol. The van der Waals surface area contributed by atoms with Crippen molar-refractivity contribution in [1.29, 1.82) is 0 Å². The topological polar surface area (TPSA) is 70.6 Å². The van der Waals surface area contributed by atoms with Crippen LogP contribution in [0.3, 0.4) is 0 Å². The zero-order valence-corrected chi connectivity index (χ0v) is 18.4. The molecular weight excluding hydrogens is 481 g/mol. The SMILES string of the molecule is CS(=O)(=O)N(Cc1cccc(F)c1F)c1ccc(N(C=O)Cc2ccc(C(F)(F)F)nc2)cc1. The molecule has 1 amide bonds. The third-order valence-electron chi connectivity index (χ3n) is 4.81. The zero-order chi connectivity index (χ0) is 25.1. The molecule has 0 bridgehead atoms. The molecule has 180 valence electrons. The van der Waals surface area contributed by atoms with Gasteiger partial charge >= 0.3 is 6.18 Å². The number of carbonyl (C=O) groups is 1. The molecule has 0 unspecified atom stereocenters. The molecule has 3 rings (SSSR count). The van der Waals surface area contributed by atoms with E-state index in [1.54, 1.807) is 0 Å². The monoisotopic (exact) mass is 499 g/mol. The number of hydrogen-bond donors (Lipinski definition) is 0. The summed E-state index contributed by atoms with van der Waals surface area (Å²) < 4.78 is 91.1. The first-order valence-corrected chi connectivity index (χ1v) is 11.5. The predicted octanol–water partition coefficient (Wildman–Crippen LogP) is 4.51. The van der Waals surface area contributed by atoms with Crippen LogP contribution in [-0.4, -0.2) is 26.1 Å². The third kappa shape index (κ3) is 5.87. The number of amides is 1. The first-order valence-electron chi connectivity index (χ1n) is 9.65. The summed E-state index contributed by atoms with van der Waals surface area (Å²) >= 11 is 0. The highest BCUT2D eigenvalue weighted by atomic mass is 32.2. The van der Waals surface area contributed by atoms with Crippen LogP contribution in [0.4, 0.5) is 33.3 Å². The molecule has 0 N–H and O–H groups in total. The van der Waals surface area contributed by atoms with Crippen LogP contribution in [0.15, 0.2) is 60.8 Å². The molecule has 0 aliphatic carbocycles. The largest absolute Gasteiger partial charge is 0.433 e. The van der Waals surface area contributed by atoms with Crippen molar-refractivity contribution in [2.24, 2.45) is 0 Å². The average Bonchev–Trinajstić information content (AvgIpc) is 2.77. The minimum absolute atomic E-state index is 0.0850. The van der Waals surface area contributed by atoms with E-state index in [2.05, 4.69) is 4.98 Å². The van der Waals surface area contributed by atoms with Gasteiger partial charge < -0.3 is 4.90 Å². The lowest BCUT2D eigenvalue weighted by Gasteiger charge is -2.24. The molecular formula is C22H18F5N3O3S. The van der Waals surface area contributed by atoms with Crippen molar-refractivity contribution < 1.29 is 35.2 Å². The van der Waals surface area contributed by atoms with Crippen molar-refractivity contribution in [2.45, 2.75) is 19.3 Å². The fourth-order valence-corrected chi connectivity index (χ4v) is 3.99. The zero-order valence-electron chi connectivity index (χ0n) is 17.6. The molecule has 1 heterocycles. The fraction of sp³-hybridized carbons (Fsp3) is 0.182. The highest BCUT2D eigenvalue weighted by molar-refractivity contribution is 7.92. The van der Waals surface area contributed by atoms with E-state index in [1.165, 1.54) is 47.4 Å². The van der Waals surface area contributed by atoms with Gasteiger partial charge in [-0.3, -0.25) is 14.1 Å². The minimum Gasteiger partial charge on any atom is -0.311 e. The van der Waals surface area contributed by atoms with Gasteiger partial charge in [0.2, 0.25) is 16.4 Å². The molecule has 12 heteroatoms. The summed E-state index contributed by atoms with van der Waals surface area (Å²) in [7, 11) is -3.89. The molecule has 1 aromatic heterocycles. The maximum atomic E-state index is 14.1. The molecule has 0 saturated heterocycles. The van der Waals surface area contributed by atoms with Gasteiger partial charge in [0.25, 0.3) is 0 Å². The van der Waals surface area contributed by atoms with E-state index < -0.39 is 40.1 Å². The van der Waals surface area contributed by atoms with Crippen LogP contribution in [0.1, 0.15) is 16.8 Å². The Morgan fingerprint density at radius 2 is 1.59 bits per heavy atom. The lowest BCUT2D eigenvalue weighted by Crippen LogP contribution is -2.30. The summed E-state index contributed by atoms with van der Waals surface area (Å²) in [5.41, 5.74) is -0.433. The standard InChI is InChI=1S/C22H18F5N3O3S/c1-34(32,33)30(13-16-3-2-4-19(23)21(16)24)18-8-6-17(7-9-18)29(14-31)12-15-5-10-20(28-11-15)22(25,26)27/h2-11,14H,12-13H2,1H3. The number of carbonyl (C=O) groups excluding carboxylic acids is 1. The number of sulfonamides is 1. The molecule has 0 spiro atoms. The van der Waals surface area contributed by atoms with Gasteiger partial charge in [0.15, 0.2) is 11.6 Å². The maximum absolute atomic E-state index is 14.1. The molecule has 0 radical (unpaired) electrons. The number of rotatable bonds is 8. The van der Waals surface area contributed by atoms with Crippen molar-refractivity contribution in [2.75, 3.05) is 15.5 Å². The van der Waals surface area contributed by atoms with Gasteiger partial charge in [-0.2, -0.15) is 13.2 Å². The molecule has 0 atom stereocenters. The lowest BCUT2D eigenvalue weighted by molar-refractivity contribution is -0.141. The second-order valence-electron chi connectivity index (χ2n) is 7.28. The summed E-state index contributed by atoms with van der Waals surface area (Å²) in [5.74, 6) is -2.27. The van der Waals surface area contributed by atoms with Gasteiger partial charge in [-0.25, -0.2) is 17.2 Å². The van der Waals surface area contributed by atoms with E-state index >= 15 is 0 Å². The van der Waals surface area contributed by atoms with E-state index in [1.807, 2.05) is 0 Å². The van der Waals surface area contributed by atoms with Crippen LogP contribution in [0.2, 0.25) is 0 Å². The highest BCUT2D eigenvalue weighted by Crippen LogP contribution is 2.28. The fourth-order valence-electron chi connectivity index (χ4n) is 3.11. The van der Waals surface area contributed by atoms with Gasteiger partial charge in [0.1, 0.15) is 5.69 Å². The van der Waals surface area contributed by atoms with Crippen LogP contribution in [0.25, 0.3) is 0 Å². The summed E-state index contributed by atoms with van der Waals surface area (Å²) in [4.78, 5) is 16.1. The molecule has 0 aliphatic heterocycles. The van der Waals surface area contributed by atoms with Crippen molar-refractivity contribution >= 4 is 27.8 Å². The first-order chi connectivity index (χ1) is 15.9. The number of aromatic nitrogens is 1. The van der Waals surface area contributed by atoms with E-state index in [0.717, 1.165) is 28.9 Å². The highest BCUT2D eigenvalue weighted by Gasteiger charge is 2.32. The summed E-state index contributed by atoms with van der Waals surface area (Å²) in [6.45, 7) is -0.547. The Bertz CT molecular complexity index is 1260. The Kier molecular flexibility index (Phi) is 7.20. The number of halogens is 5. The van der Waals surface area contributed by atoms with Crippen molar-refractivity contribution in [1.82, 2.24) is 4.98 Å². The Labute approximate surface area is 192 Å². The Balaban J connectivity index is 1.83. The number of benzene rings is 2. The van der Waals surface area contributed by atoms with Gasteiger partial charge in [0, 0.05) is 17.4 Å². The molecule has 3 aromatic rings. The van der Waals surface area contributed by atoms with Crippen LogP contribution < -0.4 is 9.21 Å². The quantitative estimate of drug-likeness (QED) is 0.338. The molecule has 0 aliphatic rings. The van der Waals surface area contributed by atoms with E-state index in [0.29, 0.717) is 17.7 Å². The van der Waals surface area contributed by atoms with E-state index in [4.69, 9.17) is 0 Å². The van der Waals surface area contributed by atoms with Gasteiger partial charge in [-0.1, -0.05) is 18.2 Å². The number of hydrogen-bond acceptors (Lipinski definition) is 4. The van der Waals surface area contributed by atoms with Gasteiger partial charge in [0.05, 0.1) is 25.0 Å². The molecule has 34 heavy (non-hydrogen) atoms. The van der Waals surface area contributed by atoms with Crippen molar-refractivity contribution in [3.8, 4) is 0 Å². The van der Waals surface area contributed by atoms with Crippen LogP contribution >= 0.6 is 0 Å². The first kappa shape index (κ1) is 25.1. The Morgan fingerprint density at radius 1 is 0.941 bits per heavy atom. The molecule has 0 fully saturated rings. The maximum Gasteiger partial charge on any atom is 0.433 e. The lowest BCUT2D eigenvalue weighted by atomic mass is 10.2. The number of alkyl halides is 3. The Hall–Kier alpha value is -3.54. The number of nitrogens with zero attached hydrogens (tertiary/aromatic N) is 3. The minimum atomic E-state index is -4.58. The molecule has 0 saturated carbocycles. The van der Waals surface area contributed by atoms with E-state index in [-0.39, 0.29) is 17.8 Å². The smallest absolute Gasteiger partial charge is 0.311 e. The normalized spacial score (nSPS) is 11.8. The van der Waals surface area contributed by atoms with Crippen molar-refractivity contribution in [3.63, 3.8) is 0 Å². The molecule has 6 nitrogen and oxygen atoms in total. The Morgan fingerprint density at radius 3 is 2.12 bits per heavy atom. The second kappa shape index (κ2) is 9.75. The van der Waals surface area contributed by atoms with Gasteiger partial charge in [-0.05, 0) is 42.0 Å². The number of anilines is 2. The summed E-state index contributed by atoms with van der Waals surface area (Å²) in [5, 5.41) is 0. The summed E-state index contributed by atoms with van der Waals surface area (Å²) in [6.07, 6.45) is -2.21. The third-order valence-corrected chi connectivity index (χ3v) is 5.95. The number of pyridine rings is 1. The molecule has 2 aromatic carbocycles. The second-order valence-corrected chi connectivity index (χ2v) is 9.19. The van der Waals surface area contributed by atoms with Gasteiger partial charge in [-0.15, -0.1) is 0 Å². The van der Waals surface area contributed by atoms with Crippen LogP contribution in [-0.2, 0) is 34.1 Å². The van der Waals surface area contributed by atoms with E-state index in [9.17, 15) is 35.2 Å².